The molecule has 3 rings (SSSR count). The van der Waals surface area contributed by atoms with Crippen LogP contribution in [0.25, 0.3) is 11.0 Å². The molecule has 5 heteroatoms. The minimum atomic E-state index is 0.276. The first kappa shape index (κ1) is 12.4. The summed E-state index contributed by atoms with van der Waals surface area (Å²) in [5.74, 6) is 1.63. The Balaban J connectivity index is 1.98. The van der Waals surface area contributed by atoms with E-state index in [1.165, 1.54) is 5.56 Å². The molecule has 0 aromatic carbocycles. The van der Waals surface area contributed by atoms with Crippen molar-refractivity contribution in [1.29, 1.82) is 0 Å². The second kappa shape index (κ2) is 4.81. The molecule has 1 saturated heterocycles. The molecular formula is C14H20N4O. The minimum absolute atomic E-state index is 0.276. The van der Waals surface area contributed by atoms with Crippen molar-refractivity contribution in [2.45, 2.75) is 26.4 Å². The molecule has 1 N–H and O–H groups in total. The average molecular weight is 260 g/mol. The van der Waals surface area contributed by atoms with Gasteiger partial charge in [-0.1, -0.05) is 6.92 Å². The van der Waals surface area contributed by atoms with Crippen LogP contribution in [0.2, 0.25) is 0 Å². The first-order valence-corrected chi connectivity index (χ1v) is 6.77. The molecule has 102 valence electrons. The summed E-state index contributed by atoms with van der Waals surface area (Å²) in [4.78, 5) is 14.3. The third-order valence-corrected chi connectivity index (χ3v) is 4.14. The second-order valence-electron chi connectivity index (χ2n) is 5.38. The fraction of sp³-hybridized carbons (Fsp3) is 0.571. The summed E-state index contributed by atoms with van der Waals surface area (Å²) >= 11 is 0. The van der Waals surface area contributed by atoms with Gasteiger partial charge >= 0.3 is 0 Å². The van der Waals surface area contributed by atoms with Gasteiger partial charge in [0.05, 0.1) is 11.5 Å². The summed E-state index contributed by atoms with van der Waals surface area (Å²) in [6.45, 7) is 6.26. The number of anilines is 1. The summed E-state index contributed by atoms with van der Waals surface area (Å²) in [7, 11) is 1.79. The predicted octanol–water partition coefficient (Wildman–Crippen LogP) is 2.13. The van der Waals surface area contributed by atoms with Gasteiger partial charge < -0.3 is 14.6 Å². The molecule has 5 nitrogen and oxygen atoms in total. The van der Waals surface area contributed by atoms with Crippen molar-refractivity contribution in [3.05, 3.63) is 18.1 Å². The van der Waals surface area contributed by atoms with Gasteiger partial charge in [0.25, 0.3) is 0 Å². The molecule has 0 aliphatic carbocycles. The van der Waals surface area contributed by atoms with Gasteiger partial charge in [-0.2, -0.15) is 0 Å². The highest BCUT2D eigenvalue weighted by Gasteiger charge is 2.28. The normalized spacial score (nSPS) is 24.1. The average Bonchev–Trinajstić information content (AvgIpc) is 2.81. The number of methoxy groups -OCH3 is 1. The molecule has 19 heavy (non-hydrogen) atoms. The summed E-state index contributed by atoms with van der Waals surface area (Å²) in [5, 5.41) is 1.13. The van der Waals surface area contributed by atoms with E-state index in [1.54, 1.807) is 13.4 Å². The molecule has 0 amide bonds. The lowest BCUT2D eigenvalue weighted by Crippen LogP contribution is -2.44. The molecule has 2 unspecified atom stereocenters. The fourth-order valence-corrected chi connectivity index (χ4v) is 2.87. The van der Waals surface area contributed by atoms with Crippen LogP contribution in [-0.4, -0.2) is 41.3 Å². The first-order valence-electron chi connectivity index (χ1n) is 6.77. The molecule has 0 spiro atoms. The lowest BCUT2D eigenvalue weighted by molar-refractivity contribution is 0.0497. The number of aromatic nitrogens is 3. The topological polar surface area (TPSA) is 54.0 Å². The molecule has 1 fully saturated rings. The number of fused-ring (bicyclic) bond motifs is 1. The van der Waals surface area contributed by atoms with Gasteiger partial charge in [0, 0.05) is 26.4 Å². The molecule has 1 aliphatic heterocycles. The number of ether oxygens (including phenoxy) is 1. The van der Waals surface area contributed by atoms with Crippen molar-refractivity contribution >= 4 is 16.9 Å². The fourth-order valence-electron chi connectivity index (χ4n) is 2.87. The molecule has 0 saturated carbocycles. The molecule has 2 aromatic heterocycles. The first-order chi connectivity index (χ1) is 9.20. The van der Waals surface area contributed by atoms with Crippen LogP contribution in [0.1, 0.15) is 18.9 Å². The van der Waals surface area contributed by atoms with Crippen molar-refractivity contribution in [3.63, 3.8) is 0 Å². The predicted molar refractivity (Wildman–Crippen MR) is 75.4 cm³/mol. The number of nitrogens with zero attached hydrogens (tertiary/aromatic N) is 3. The number of aryl methyl sites for hydroxylation is 1. The maximum atomic E-state index is 5.59. The number of piperidine rings is 1. The summed E-state index contributed by atoms with van der Waals surface area (Å²) in [5.41, 5.74) is 2.10. The van der Waals surface area contributed by atoms with E-state index in [4.69, 9.17) is 4.74 Å². The molecule has 0 radical (unpaired) electrons. The smallest absolute Gasteiger partial charge is 0.143 e. The SMILES string of the molecule is COC1CN(c2ncnc3[nH]cc(C)c23)CCC1C. The number of rotatable bonds is 2. The third-order valence-electron chi connectivity index (χ3n) is 4.14. The number of H-pyrrole nitrogens is 1. The van der Waals surface area contributed by atoms with Crippen LogP contribution in [0.5, 0.6) is 0 Å². The Morgan fingerprint density at radius 1 is 1.42 bits per heavy atom. The van der Waals surface area contributed by atoms with Gasteiger partial charge in [-0.25, -0.2) is 9.97 Å². The Labute approximate surface area is 113 Å². The molecule has 2 atom stereocenters. The van der Waals surface area contributed by atoms with E-state index in [0.717, 1.165) is 36.4 Å². The Bertz CT molecular complexity index is 580. The van der Waals surface area contributed by atoms with Crippen molar-refractivity contribution in [3.8, 4) is 0 Å². The van der Waals surface area contributed by atoms with Crippen LogP contribution in [0.15, 0.2) is 12.5 Å². The van der Waals surface area contributed by atoms with Gasteiger partial charge in [-0.05, 0) is 24.8 Å². The Hall–Kier alpha value is -1.62. The second-order valence-corrected chi connectivity index (χ2v) is 5.38. The van der Waals surface area contributed by atoms with E-state index in [-0.39, 0.29) is 6.10 Å². The molecule has 0 bridgehead atoms. The Morgan fingerprint density at radius 2 is 2.26 bits per heavy atom. The van der Waals surface area contributed by atoms with E-state index >= 15 is 0 Å². The summed E-state index contributed by atoms with van der Waals surface area (Å²) in [6.07, 6.45) is 5.03. The van der Waals surface area contributed by atoms with Crippen molar-refractivity contribution in [1.82, 2.24) is 15.0 Å². The van der Waals surface area contributed by atoms with Gasteiger partial charge in [0.2, 0.25) is 0 Å². The van der Waals surface area contributed by atoms with E-state index in [1.807, 2.05) is 6.20 Å². The number of aromatic amines is 1. The van der Waals surface area contributed by atoms with Gasteiger partial charge in [0.15, 0.2) is 0 Å². The minimum Gasteiger partial charge on any atom is -0.379 e. The zero-order chi connectivity index (χ0) is 13.4. The number of hydrogen-bond donors (Lipinski definition) is 1. The molecule has 1 aliphatic rings. The highest BCUT2D eigenvalue weighted by atomic mass is 16.5. The lowest BCUT2D eigenvalue weighted by Gasteiger charge is -2.37. The standard InChI is InChI=1S/C14H20N4O/c1-9-4-5-18(7-11(9)19-3)14-12-10(2)6-15-13(12)16-8-17-14/h6,8-9,11H,4-5,7H2,1-3H3,(H,15,16,17). The van der Waals surface area contributed by atoms with Crippen LogP contribution < -0.4 is 4.90 Å². The third kappa shape index (κ3) is 2.08. The summed E-state index contributed by atoms with van der Waals surface area (Å²) < 4.78 is 5.59. The van der Waals surface area contributed by atoms with E-state index < -0.39 is 0 Å². The monoisotopic (exact) mass is 260 g/mol. The Kier molecular flexibility index (Phi) is 3.14. The molecular weight excluding hydrogens is 240 g/mol. The van der Waals surface area contributed by atoms with Gasteiger partial charge in [-0.15, -0.1) is 0 Å². The zero-order valence-electron chi connectivity index (χ0n) is 11.7. The van der Waals surface area contributed by atoms with Gasteiger partial charge in [-0.3, -0.25) is 0 Å². The van der Waals surface area contributed by atoms with Crippen molar-refractivity contribution in [2.24, 2.45) is 5.92 Å². The molecule has 2 aromatic rings. The van der Waals surface area contributed by atoms with Crippen LogP contribution in [-0.2, 0) is 4.74 Å². The number of hydrogen-bond acceptors (Lipinski definition) is 4. The maximum absolute atomic E-state index is 5.59. The van der Waals surface area contributed by atoms with Crippen LogP contribution in [0.3, 0.4) is 0 Å². The van der Waals surface area contributed by atoms with Crippen molar-refractivity contribution < 1.29 is 4.74 Å². The van der Waals surface area contributed by atoms with Crippen LogP contribution >= 0.6 is 0 Å². The van der Waals surface area contributed by atoms with Gasteiger partial charge in [0.1, 0.15) is 17.8 Å². The van der Waals surface area contributed by atoms with E-state index in [0.29, 0.717) is 5.92 Å². The lowest BCUT2D eigenvalue weighted by atomic mass is 9.95. The quantitative estimate of drug-likeness (QED) is 0.898. The Morgan fingerprint density at radius 3 is 3.05 bits per heavy atom. The van der Waals surface area contributed by atoms with Crippen LogP contribution in [0.4, 0.5) is 5.82 Å². The largest absolute Gasteiger partial charge is 0.379 e. The highest BCUT2D eigenvalue weighted by Crippen LogP contribution is 2.29. The van der Waals surface area contributed by atoms with Crippen molar-refractivity contribution in [2.75, 3.05) is 25.1 Å². The molecule has 3 heterocycles. The van der Waals surface area contributed by atoms with E-state index in [9.17, 15) is 0 Å². The zero-order valence-corrected chi connectivity index (χ0v) is 11.7. The highest BCUT2D eigenvalue weighted by molar-refractivity contribution is 5.90. The maximum Gasteiger partial charge on any atom is 0.143 e. The van der Waals surface area contributed by atoms with Crippen LogP contribution in [0, 0.1) is 12.8 Å². The number of nitrogens with one attached hydrogen (secondary N) is 1. The summed E-state index contributed by atoms with van der Waals surface area (Å²) in [6, 6.07) is 0. The van der Waals surface area contributed by atoms with E-state index in [2.05, 4.69) is 33.7 Å².